The van der Waals surface area contributed by atoms with Gasteiger partial charge in [-0.25, -0.2) is 0 Å². The second-order valence-electron chi connectivity index (χ2n) is 2.73. The molecule has 0 rings (SSSR count). The minimum atomic E-state index is -1.31. The average molecular weight is 166 g/mol. The summed E-state index contributed by atoms with van der Waals surface area (Å²) in [7, 11) is -1.06. The highest BCUT2D eigenvalue weighted by Gasteiger charge is 2.13. The fraction of sp³-hybridized carbons (Fsp3) is 1.00. The van der Waals surface area contributed by atoms with Gasteiger partial charge in [0.2, 0.25) is 0 Å². The van der Waals surface area contributed by atoms with Crippen LogP contribution < -0.4 is 0 Å². The van der Waals surface area contributed by atoms with Gasteiger partial charge in [-0.3, -0.25) is 0 Å². The van der Waals surface area contributed by atoms with Crippen LogP contribution >= 0.6 is 9.03 Å². The fourth-order valence-electron chi connectivity index (χ4n) is 0.213. The molecule has 0 aliphatic heterocycles. The summed E-state index contributed by atoms with van der Waals surface area (Å²) in [6.07, 6.45) is 0. The first-order chi connectivity index (χ1) is 4.06. The van der Waals surface area contributed by atoms with Crippen LogP contribution in [0.5, 0.6) is 0 Å². The molecule has 2 nitrogen and oxygen atoms in total. The zero-order valence-electron chi connectivity index (χ0n) is 6.52. The van der Waals surface area contributed by atoms with Crippen molar-refractivity contribution in [2.75, 3.05) is 6.61 Å². The maximum absolute atomic E-state index is 5.41. The van der Waals surface area contributed by atoms with Gasteiger partial charge in [-0.05, 0) is 26.6 Å². The highest BCUT2D eigenvalue weighted by Crippen LogP contribution is 2.20. The molecule has 0 bridgehead atoms. The van der Waals surface area contributed by atoms with Crippen LogP contribution in [0.25, 0.3) is 0 Å². The number of hydrogen-bond acceptors (Lipinski definition) is 2. The lowest BCUT2D eigenvalue weighted by molar-refractivity contribution is 0.350. The Balaban J connectivity index is 3.07. The van der Waals surface area contributed by atoms with Crippen molar-refractivity contribution in [1.29, 1.82) is 0 Å². The van der Waals surface area contributed by atoms with Gasteiger partial charge >= 0.3 is 0 Å². The molecule has 0 saturated heterocycles. The lowest BCUT2D eigenvalue weighted by Gasteiger charge is -2.15. The van der Waals surface area contributed by atoms with Gasteiger partial charge in [0.15, 0.2) is 8.32 Å². The summed E-state index contributed by atoms with van der Waals surface area (Å²) in [5, 5.41) is 0. The van der Waals surface area contributed by atoms with E-state index < -0.39 is 8.32 Å². The second-order valence-corrected chi connectivity index (χ2v) is 8.23. The monoisotopic (exact) mass is 166 g/mol. The average Bonchev–Trinajstić information content (AvgIpc) is 1.63. The van der Waals surface area contributed by atoms with E-state index in [2.05, 4.69) is 19.6 Å². The molecule has 0 N–H and O–H groups in total. The van der Waals surface area contributed by atoms with E-state index in [9.17, 15) is 0 Å². The molecule has 9 heavy (non-hydrogen) atoms. The zero-order valence-corrected chi connectivity index (χ0v) is 8.52. The van der Waals surface area contributed by atoms with Gasteiger partial charge in [0.05, 0.1) is 6.61 Å². The molecule has 4 heteroatoms. The SMILES string of the molecule is CCOPO[Si](C)(C)C. The van der Waals surface area contributed by atoms with E-state index in [4.69, 9.17) is 8.74 Å². The standard InChI is InChI=1S/C5H15O2PSi/c1-5-6-8-7-9(2,3)4/h8H,5H2,1-4H3. The Labute approximate surface area is 60.0 Å². The van der Waals surface area contributed by atoms with Gasteiger partial charge in [0, 0.05) is 0 Å². The molecule has 0 radical (unpaired) electrons. The molecule has 0 aromatic heterocycles. The summed E-state index contributed by atoms with van der Waals surface area (Å²) < 4.78 is 10.5. The predicted molar refractivity (Wildman–Crippen MR) is 44.4 cm³/mol. The fourth-order valence-corrected chi connectivity index (χ4v) is 1.57. The molecule has 0 aromatic carbocycles. The zero-order chi connectivity index (χ0) is 7.33. The van der Waals surface area contributed by atoms with Crippen LogP contribution in [0.2, 0.25) is 19.6 Å². The third-order valence-corrected chi connectivity index (χ3v) is 3.74. The van der Waals surface area contributed by atoms with E-state index in [0.717, 1.165) is 6.61 Å². The van der Waals surface area contributed by atoms with Crippen molar-refractivity contribution in [2.45, 2.75) is 26.6 Å². The first-order valence-electron chi connectivity index (χ1n) is 3.11. The van der Waals surface area contributed by atoms with E-state index in [1.165, 1.54) is 0 Å². The van der Waals surface area contributed by atoms with Crippen molar-refractivity contribution in [3.8, 4) is 0 Å². The first kappa shape index (κ1) is 9.57. The van der Waals surface area contributed by atoms with Crippen LogP contribution in [0, 0.1) is 0 Å². The molecular formula is C5H15O2PSi. The summed E-state index contributed by atoms with van der Waals surface area (Å²) in [4.78, 5) is 0. The number of rotatable bonds is 4. The predicted octanol–water partition coefficient (Wildman–Crippen LogP) is 2.38. The third kappa shape index (κ3) is 8.57. The highest BCUT2D eigenvalue weighted by atomic mass is 31.1. The molecule has 0 aliphatic rings. The molecule has 0 heterocycles. The third-order valence-electron chi connectivity index (χ3n) is 0.551. The summed E-state index contributed by atoms with van der Waals surface area (Å²) in [5.41, 5.74) is 0. The lowest BCUT2D eigenvalue weighted by atomic mass is 10.9. The molecule has 1 unspecified atom stereocenters. The quantitative estimate of drug-likeness (QED) is 0.362. The Morgan fingerprint density at radius 3 is 2.22 bits per heavy atom. The van der Waals surface area contributed by atoms with Gasteiger partial charge in [-0.2, -0.15) is 0 Å². The minimum absolute atomic E-state index is 0.245. The Morgan fingerprint density at radius 1 is 1.33 bits per heavy atom. The Morgan fingerprint density at radius 2 is 1.89 bits per heavy atom. The van der Waals surface area contributed by atoms with Crippen molar-refractivity contribution in [3.63, 3.8) is 0 Å². The maximum Gasteiger partial charge on any atom is 0.191 e. The van der Waals surface area contributed by atoms with Gasteiger partial charge < -0.3 is 8.74 Å². The number of hydrogen-bond donors (Lipinski definition) is 0. The first-order valence-corrected chi connectivity index (χ1v) is 7.33. The van der Waals surface area contributed by atoms with Crippen molar-refractivity contribution in [2.24, 2.45) is 0 Å². The van der Waals surface area contributed by atoms with Crippen molar-refractivity contribution < 1.29 is 8.74 Å². The van der Waals surface area contributed by atoms with Crippen molar-refractivity contribution in [1.82, 2.24) is 0 Å². The second kappa shape index (κ2) is 4.39. The molecular weight excluding hydrogens is 151 g/mol. The molecule has 0 aromatic rings. The van der Waals surface area contributed by atoms with E-state index in [-0.39, 0.29) is 9.03 Å². The Bertz CT molecular complexity index is 71.8. The van der Waals surface area contributed by atoms with Crippen LogP contribution in [0.15, 0.2) is 0 Å². The molecule has 56 valence electrons. The van der Waals surface area contributed by atoms with E-state index in [0.29, 0.717) is 0 Å². The van der Waals surface area contributed by atoms with Gasteiger partial charge in [-0.15, -0.1) is 0 Å². The van der Waals surface area contributed by atoms with Crippen molar-refractivity contribution in [3.05, 3.63) is 0 Å². The van der Waals surface area contributed by atoms with Crippen LogP contribution in [0.1, 0.15) is 6.92 Å². The van der Waals surface area contributed by atoms with Gasteiger partial charge in [0.1, 0.15) is 9.03 Å². The van der Waals surface area contributed by atoms with Crippen LogP contribution in [0.4, 0.5) is 0 Å². The van der Waals surface area contributed by atoms with Crippen molar-refractivity contribution >= 4 is 17.4 Å². The minimum Gasteiger partial charge on any atom is -0.378 e. The van der Waals surface area contributed by atoms with Crippen LogP contribution in [-0.4, -0.2) is 14.9 Å². The molecule has 0 spiro atoms. The normalized spacial score (nSPS) is 13.3. The maximum atomic E-state index is 5.41. The molecule has 0 fully saturated rings. The molecule has 0 amide bonds. The topological polar surface area (TPSA) is 18.5 Å². The summed E-state index contributed by atoms with van der Waals surface area (Å²) >= 11 is 0. The molecule has 0 saturated carbocycles. The van der Waals surface area contributed by atoms with E-state index in [1.807, 2.05) is 6.92 Å². The van der Waals surface area contributed by atoms with Crippen LogP contribution in [0.3, 0.4) is 0 Å². The Hall–Kier alpha value is 0.567. The summed E-state index contributed by atoms with van der Waals surface area (Å²) in [6.45, 7) is 9.18. The largest absolute Gasteiger partial charge is 0.378 e. The van der Waals surface area contributed by atoms with Gasteiger partial charge in [-0.1, -0.05) is 0 Å². The summed E-state index contributed by atoms with van der Waals surface area (Å²) in [5.74, 6) is 0. The molecule has 1 atom stereocenters. The highest BCUT2D eigenvalue weighted by molar-refractivity contribution is 7.29. The molecule has 0 aliphatic carbocycles. The smallest absolute Gasteiger partial charge is 0.191 e. The Kier molecular flexibility index (Phi) is 4.67. The van der Waals surface area contributed by atoms with Crippen LogP contribution in [-0.2, 0) is 8.74 Å². The van der Waals surface area contributed by atoms with Gasteiger partial charge in [0.25, 0.3) is 0 Å². The van der Waals surface area contributed by atoms with E-state index in [1.54, 1.807) is 0 Å². The van der Waals surface area contributed by atoms with E-state index >= 15 is 0 Å². The lowest BCUT2D eigenvalue weighted by Crippen LogP contribution is -2.20. The summed E-state index contributed by atoms with van der Waals surface area (Å²) in [6, 6.07) is 0.